The van der Waals surface area contributed by atoms with Gasteiger partial charge in [0.1, 0.15) is 0 Å². The van der Waals surface area contributed by atoms with Gasteiger partial charge < -0.3 is 20.0 Å². The molecule has 3 rings (SSSR count). The van der Waals surface area contributed by atoms with Crippen molar-refractivity contribution in [3.8, 4) is 0 Å². The van der Waals surface area contributed by atoms with Crippen molar-refractivity contribution in [1.82, 2.24) is 0 Å². The van der Waals surface area contributed by atoms with Crippen molar-refractivity contribution in [2.24, 2.45) is 23.7 Å². The van der Waals surface area contributed by atoms with Crippen molar-refractivity contribution < 1.29 is 41.8 Å². The van der Waals surface area contributed by atoms with E-state index in [1.54, 1.807) is 12.2 Å². The summed E-state index contributed by atoms with van der Waals surface area (Å²) >= 11 is 0. The molecular weight excluding hydrogens is 398 g/mol. The fourth-order valence-electron chi connectivity index (χ4n) is 3.78. The van der Waals surface area contributed by atoms with E-state index in [1.807, 2.05) is 0 Å². The van der Waals surface area contributed by atoms with Crippen LogP contribution in [-0.2, 0) is 14.3 Å². The molecule has 0 unspecified atom stereocenters. The number of hydrogen-bond acceptors (Lipinski definition) is 5. The number of benzene rings is 1. The molecular formula is C19H16F4NO5-. The van der Waals surface area contributed by atoms with Gasteiger partial charge in [-0.1, -0.05) is 24.3 Å². The summed E-state index contributed by atoms with van der Waals surface area (Å²) in [5.74, 6) is -10.5. The summed E-state index contributed by atoms with van der Waals surface area (Å²) in [5, 5.41) is 13.4. The Morgan fingerprint density at radius 1 is 1.17 bits per heavy atom. The first-order valence-corrected chi connectivity index (χ1v) is 8.73. The smallest absolute Gasteiger partial charge is 0.340 e. The Morgan fingerprint density at radius 2 is 1.83 bits per heavy atom. The second-order valence-electron chi connectivity index (χ2n) is 7.03. The van der Waals surface area contributed by atoms with Gasteiger partial charge in [0, 0.05) is 5.69 Å². The molecule has 4 atom stereocenters. The highest BCUT2D eigenvalue weighted by Crippen LogP contribution is 2.49. The van der Waals surface area contributed by atoms with E-state index in [4.69, 9.17) is 0 Å². The third-order valence-electron chi connectivity index (χ3n) is 5.13. The van der Waals surface area contributed by atoms with Crippen LogP contribution in [0.1, 0.15) is 16.8 Å². The molecule has 0 heterocycles. The Labute approximate surface area is 162 Å². The molecule has 2 bridgehead atoms. The van der Waals surface area contributed by atoms with Gasteiger partial charge in [0.05, 0.1) is 17.8 Å². The third kappa shape index (κ3) is 4.25. The maximum atomic E-state index is 13.1. The molecule has 10 heteroatoms. The quantitative estimate of drug-likeness (QED) is 0.418. The summed E-state index contributed by atoms with van der Waals surface area (Å²) in [7, 11) is 0. The molecule has 1 amide bonds. The number of carbonyl (C=O) groups excluding carboxylic acids is 3. The van der Waals surface area contributed by atoms with Gasteiger partial charge in [-0.15, -0.1) is 0 Å². The number of anilines is 1. The SMILES string of the molecule is O=C([O-])c1cccc(NC(=O)[C@@H]2[C@@H](C(=O)OCC(F)(F)C(F)F)[C@H]3C=C[C@H]2C3)c1. The van der Waals surface area contributed by atoms with Gasteiger partial charge in [0.2, 0.25) is 5.91 Å². The lowest BCUT2D eigenvalue weighted by Crippen LogP contribution is -2.40. The lowest BCUT2D eigenvalue weighted by Gasteiger charge is -2.26. The summed E-state index contributed by atoms with van der Waals surface area (Å²) in [6.07, 6.45) is -0.167. The number of alkyl halides is 4. The number of halogens is 4. The molecule has 29 heavy (non-hydrogen) atoms. The molecule has 0 saturated heterocycles. The van der Waals surface area contributed by atoms with Crippen molar-refractivity contribution in [3.63, 3.8) is 0 Å². The van der Waals surface area contributed by atoms with Crippen LogP contribution in [0.3, 0.4) is 0 Å². The van der Waals surface area contributed by atoms with E-state index in [9.17, 15) is 37.1 Å². The van der Waals surface area contributed by atoms with Crippen LogP contribution in [0.5, 0.6) is 0 Å². The fraction of sp³-hybridized carbons (Fsp3) is 0.421. The summed E-state index contributed by atoms with van der Waals surface area (Å²) < 4.78 is 55.1. The van der Waals surface area contributed by atoms with Gasteiger partial charge >= 0.3 is 18.3 Å². The third-order valence-corrected chi connectivity index (χ3v) is 5.13. The van der Waals surface area contributed by atoms with Crippen molar-refractivity contribution in [2.75, 3.05) is 11.9 Å². The van der Waals surface area contributed by atoms with Crippen molar-refractivity contribution in [2.45, 2.75) is 18.8 Å². The zero-order valence-corrected chi connectivity index (χ0v) is 14.8. The van der Waals surface area contributed by atoms with Gasteiger partial charge in [0.25, 0.3) is 0 Å². The van der Waals surface area contributed by atoms with E-state index in [0.29, 0.717) is 6.42 Å². The highest BCUT2D eigenvalue weighted by atomic mass is 19.3. The second kappa shape index (κ2) is 7.84. The van der Waals surface area contributed by atoms with E-state index in [0.717, 1.165) is 0 Å². The topological polar surface area (TPSA) is 95.5 Å². The molecule has 1 saturated carbocycles. The number of hydrogen-bond donors (Lipinski definition) is 1. The zero-order chi connectivity index (χ0) is 21.3. The maximum Gasteiger partial charge on any atom is 0.340 e. The first kappa shape index (κ1) is 20.8. The fourth-order valence-corrected chi connectivity index (χ4v) is 3.78. The highest BCUT2D eigenvalue weighted by Gasteiger charge is 2.53. The lowest BCUT2D eigenvalue weighted by molar-refractivity contribution is -0.255. The molecule has 1 fully saturated rings. The van der Waals surface area contributed by atoms with E-state index in [2.05, 4.69) is 10.1 Å². The second-order valence-corrected chi connectivity index (χ2v) is 7.03. The van der Waals surface area contributed by atoms with Crippen LogP contribution in [0, 0.1) is 23.7 Å². The van der Waals surface area contributed by atoms with Gasteiger partial charge in [-0.3, -0.25) is 9.59 Å². The predicted molar refractivity (Wildman–Crippen MR) is 89.0 cm³/mol. The number of nitrogens with one attached hydrogen (secondary N) is 1. The number of carboxylic acids is 1. The molecule has 1 aromatic carbocycles. The van der Waals surface area contributed by atoms with E-state index in [-0.39, 0.29) is 17.2 Å². The van der Waals surface area contributed by atoms with E-state index >= 15 is 0 Å². The number of amides is 1. The monoisotopic (exact) mass is 414 g/mol. The Kier molecular flexibility index (Phi) is 5.63. The van der Waals surface area contributed by atoms with Gasteiger partial charge in [-0.25, -0.2) is 8.78 Å². The number of fused-ring (bicyclic) bond motifs is 2. The lowest BCUT2D eigenvalue weighted by atomic mass is 9.82. The van der Waals surface area contributed by atoms with Crippen LogP contribution in [0.25, 0.3) is 0 Å². The number of ether oxygens (including phenoxy) is 1. The van der Waals surface area contributed by atoms with Gasteiger partial charge in [-0.2, -0.15) is 8.78 Å². The molecule has 156 valence electrons. The van der Waals surface area contributed by atoms with Crippen LogP contribution >= 0.6 is 0 Å². The van der Waals surface area contributed by atoms with E-state index < -0.39 is 54.6 Å². The molecule has 1 aromatic rings. The molecule has 6 nitrogen and oxygen atoms in total. The first-order valence-electron chi connectivity index (χ1n) is 8.73. The number of esters is 1. The largest absolute Gasteiger partial charge is 0.545 e. The zero-order valence-electron chi connectivity index (χ0n) is 14.8. The highest BCUT2D eigenvalue weighted by molar-refractivity contribution is 5.97. The van der Waals surface area contributed by atoms with Crippen LogP contribution in [0.2, 0.25) is 0 Å². The molecule has 1 N–H and O–H groups in total. The van der Waals surface area contributed by atoms with Gasteiger partial charge in [-0.05, 0) is 36.0 Å². The Hall–Kier alpha value is -2.91. The number of allylic oxidation sites excluding steroid dienone is 2. The van der Waals surface area contributed by atoms with Crippen LogP contribution in [0.15, 0.2) is 36.4 Å². The molecule has 0 aliphatic heterocycles. The Balaban J connectivity index is 1.72. The number of rotatable bonds is 7. The average molecular weight is 414 g/mol. The number of carbonyl (C=O) groups is 3. The average Bonchev–Trinajstić information content (AvgIpc) is 3.27. The minimum Gasteiger partial charge on any atom is -0.545 e. The van der Waals surface area contributed by atoms with Crippen molar-refractivity contribution in [3.05, 3.63) is 42.0 Å². The Morgan fingerprint density at radius 3 is 2.45 bits per heavy atom. The molecule has 2 aliphatic rings. The standard InChI is InChI=1S/C19H17F4NO5/c20-18(21)19(22,23)8-29-17(28)14-10-5-4-9(6-10)13(14)15(25)24-12-3-1-2-11(7-12)16(26)27/h1-5,7,9-10,13-14,18H,6,8H2,(H,24,25)(H,26,27)/p-1/t9-,10-,13-,14-/m0/s1. The van der Waals surface area contributed by atoms with Gasteiger partial charge in [0.15, 0.2) is 6.61 Å². The Bertz CT molecular complexity index is 857. The number of aromatic carboxylic acids is 1. The summed E-state index contributed by atoms with van der Waals surface area (Å²) in [5.41, 5.74) is -0.0133. The number of carboxylic acid groups (broad SMARTS) is 1. The first-order chi connectivity index (χ1) is 13.6. The predicted octanol–water partition coefficient (Wildman–Crippen LogP) is 1.87. The molecule has 0 spiro atoms. The molecule has 0 aromatic heterocycles. The normalized spacial score (nSPS) is 25.3. The van der Waals surface area contributed by atoms with E-state index in [1.165, 1.54) is 24.3 Å². The van der Waals surface area contributed by atoms with Crippen LogP contribution < -0.4 is 10.4 Å². The van der Waals surface area contributed by atoms with Crippen LogP contribution in [0.4, 0.5) is 23.2 Å². The minimum absolute atomic E-state index is 0.153. The van der Waals surface area contributed by atoms with Crippen molar-refractivity contribution in [1.29, 1.82) is 0 Å². The molecule has 2 aliphatic carbocycles. The summed E-state index contributed by atoms with van der Waals surface area (Å²) in [6.45, 7) is -1.77. The summed E-state index contributed by atoms with van der Waals surface area (Å²) in [4.78, 5) is 36.0. The minimum atomic E-state index is -4.48. The molecule has 0 radical (unpaired) electrons. The van der Waals surface area contributed by atoms with Crippen molar-refractivity contribution >= 4 is 23.5 Å². The van der Waals surface area contributed by atoms with Crippen LogP contribution in [-0.4, -0.2) is 36.8 Å². The summed E-state index contributed by atoms with van der Waals surface area (Å²) in [6, 6.07) is 5.27. The maximum absolute atomic E-state index is 13.1.